The van der Waals surface area contributed by atoms with Crippen LogP contribution in [0.5, 0.6) is 11.5 Å². The Bertz CT molecular complexity index is 1430. The molecule has 0 fully saturated rings. The molecule has 1 aliphatic rings. The van der Waals surface area contributed by atoms with Gasteiger partial charge in [-0.1, -0.05) is 11.6 Å². The normalized spacial score (nSPS) is 14.9. The number of hydrogen-bond acceptors (Lipinski definition) is 11. The summed E-state index contributed by atoms with van der Waals surface area (Å²) in [5, 5.41) is 0.436. The van der Waals surface area contributed by atoms with E-state index in [1.807, 2.05) is 19.9 Å². The molecule has 0 unspecified atom stereocenters. The van der Waals surface area contributed by atoms with Crippen LogP contribution in [-0.4, -0.2) is 57.9 Å². The summed E-state index contributed by atoms with van der Waals surface area (Å²) in [6, 6.07) is 10.5. The monoisotopic (exact) mass is 621 g/mol. The molecule has 0 saturated carbocycles. The van der Waals surface area contributed by atoms with Crippen molar-refractivity contribution in [2.45, 2.75) is 50.6 Å². The summed E-state index contributed by atoms with van der Waals surface area (Å²) in [4.78, 5) is 9.70. The first kappa shape index (κ1) is 33.1. The lowest BCUT2D eigenvalue weighted by atomic mass is 10.1. The van der Waals surface area contributed by atoms with Gasteiger partial charge in [0.1, 0.15) is 17.2 Å². The lowest BCUT2D eigenvalue weighted by molar-refractivity contribution is 0.279. The number of guanidine groups is 2. The summed E-state index contributed by atoms with van der Waals surface area (Å²) in [5.74, 6) is 1.19. The van der Waals surface area contributed by atoms with Gasteiger partial charge in [-0.25, -0.2) is 4.99 Å². The van der Waals surface area contributed by atoms with Crippen LogP contribution in [0.4, 0.5) is 9.57 Å². The molecule has 0 bridgehead atoms. The Morgan fingerprint density at radius 2 is 1.57 bits per heavy atom. The van der Waals surface area contributed by atoms with Crippen LogP contribution in [0.25, 0.3) is 0 Å². The van der Waals surface area contributed by atoms with Crippen LogP contribution in [0.3, 0.4) is 0 Å². The highest BCUT2D eigenvalue weighted by Gasteiger charge is 2.33. The van der Waals surface area contributed by atoms with E-state index in [-0.39, 0.29) is 17.7 Å². The fraction of sp³-hybridized carbons (Fsp3) is 0.417. The molecule has 12 nitrogen and oxygen atoms in total. The second-order valence-electron chi connectivity index (χ2n) is 8.92. The van der Waals surface area contributed by atoms with Gasteiger partial charge in [0.2, 0.25) is 11.9 Å². The maximum absolute atomic E-state index is 12.9. The lowest BCUT2D eigenvalue weighted by Crippen LogP contribution is -2.54. The van der Waals surface area contributed by atoms with Gasteiger partial charge < -0.3 is 20.9 Å². The first-order valence-electron chi connectivity index (χ1n) is 12.1. The van der Waals surface area contributed by atoms with E-state index in [0.29, 0.717) is 35.4 Å². The van der Waals surface area contributed by atoms with E-state index in [4.69, 9.17) is 37.1 Å². The van der Waals surface area contributed by atoms with E-state index in [0.717, 1.165) is 19.3 Å². The van der Waals surface area contributed by atoms with Crippen molar-refractivity contribution in [2.75, 3.05) is 23.9 Å². The van der Waals surface area contributed by atoms with E-state index < -0.39 is 30.9 Å². The third-order valence-electron chi connectivity index (χ3n) is 5.35. The highest BCUT2D eigenvalue weighted by molar-refractivity contribution is 7.86. The summed E-state index contributed by atoms with van der Waals surface area (Å²) >= 11 is 6.41. The number of nitrogens with two attached hydrogens (primary N) is 2. The lowest BCUT2D eigenvalue weighted by Gasteiger charge is -2.38. The number of aliphatic imine (C=N–C) groups is 2. The predicted octanol–water partition coefficient (Wildman–Crippen LogP) is 3.71. The van der Waals surface area contributed by atoms with Crippen molar-refractivity contribution in [3.8, 4) is 11.5 Å². The Morgan fingerprint density at radius 3 is 2.08 bits per heavy atom. The van der Waals surface area contributed by atoms with Gasteiger partial charge in [0.15, 0.2) is 0 Å². The number of nitrogens with zero attached hydrogens (tertiary/aromatic N) is 3. The van der Waals surface area contributed by atoms with Gasteiger partial charge in [0.25, 0.3) is 10.1 Å². The molecular weight excluding hydrogens is 589 g/mol. The van der Waals surface area contributed by atoms with Gasteiger partial charge >= 0.3 is 10.2 Å². The fourth-order valence-electron chi connectivity index (χ4n) is 3.45. The number of anilines is 1. The van der Waals surface area contributed by atoms with Crippen LogP contribution in [-0.2, 0) is 20.3 Å². The molecule has 0 spiro atoms. The standard InChI is InChI=1S/C22H27ClFN5O4S.C2H6O3S/c1-22(2)28-20(25)27-21(26)29(22)15-6-11-19(18(23)14-15)33-13-5-3-4-12-32-16-7-9-17(10-8-16)34(24,30)31;1-2-6(3,4)5/h6-11,14H,3-5,12-13H2,1-2H3,(H4,25,26,27,28);2H2,1H3,(H,3,4,5). The van der Waals surface area contributed by atoms with Crippen molar-refractivity contribution < 1.29 is 34.7 Å². The average Bonchev–Trinajstić information content (AvgIpc) is 2.83. The van der Waals surface area contributed by atoms with Gasteiger partial charge in [-0.15, -0.1) is 3.89 Å². The maximum Gasteiger partial charge on any atom is 0.332 e. The Morgan fingerprint density at radius 1 is 1.00 bits per heavy atom. The van der Waals surface area contributed by atoms with Crippen LogP contribution >= 0.6 is 11.6 Å². The molecule has 1 heterocycles. The Hall–Kier alpha value is -3.14. The van der Waals surface area contributed by atoms with Gasteiger partial charge in [0, 0.05) is 5.69 Å². The summed E-state index contributed by atoms with van der Waals surface area (Å²) in [6.45, 7) is 6.02. The summed E-state index contributed by atoms with van der Waals surface area (Å²) in [6.07, 6.45) is 2.40. The zero-order valence-corrected chi connectivity index (χ0v) is 24.6. The van der Waals surface area contributed by atoms with Gasteiger partial charge in [0.05, 0.1) is 28.9 Å². The van der Waals surface area contributed by atoms with Gasteiger partial charge in [-0.3, -0.25) is 9.45 Å². The van der Waals surface area contributed by atoms with Gasteiger partial charge in [-0.2, -0.15) is 21.8 Å². The van der Waals surface area contributed by atoms with E-state index in [2.05, 4.69) is 9.98 Å². The molecule has 2 aromatic rings. The number of hydrogen-bond donors (Lipinski definition) is 3. The SMILES string of the molecule is CC1(C)N=C(N)N=C(N)N1c1ccc(OCCCCCOc2ccc(S(=O)(=O)F)cc2)c(Cl)c1.CCS(=O)(=O)O. The van der Waals surface area contributed by atoms with Crippen LogP contribution in [0.2, 0.25) is 5.02 Å². The van der Waals surface area contributed by atoms with E-state index in [1.54, 1.807) is 17.0 Å². The largest absolute Gasteiger partial charge is 0.494 e. The molecule has 0 amide bonds. The summed E-state index contributed by atoms with van der Waals surface area (Å²) in [7, 11) is -8.36. The second kappa shape index (κ2) is 14.0. The van der Waals surface area contributed by atoms with Crippen LogP contribution in [0.15, 0.2) is 57.3 Å². The zero-order valence-electron chi connectivity index (χ0n) is 22.2. The van der Waals surface area contributed by atoms with Crippen molar-refractivity contribution in [3.05, 3.63) is 47.5 Å². The number of ether oxygens (including phenoxy) is 2. The molecule has 3 rings (SSSR count). The van der Waals surface area contributed by atoms with E-state index >= 15 is 0 Å². The second-order valence-corrected chi connectivity index (χ2v) is 12.4. The molecule has 2 aromatic carbocycles. The minimum absolute atomic E-state index is 0.125. The average molecular weight is 622 g/mol. The first-order valence-corrected chi connectivity index (χ1v) is 15.5. The molecule has 222 valence electrons. The summed E-state index contributed by atoms with van der Waals surface area (Å²) < 4.78 is 72.8. The van der Waals surface area contributed by atoms with Crippen LogP contribution < -0.4 is 25.8 Å². The Labute approximate surface area is 238 Å². The third-order valence-corrected chi connectivity index (χ3v) is 7.21. The molecule has 0 atom stereocenters. The van der Waals surface area contributed by atoms with Crippen molar-refractivity contribution >= 4 is 49.5 Å². The number of unbranched alkanes of at least 4 members (excludes halogenated alkanes) is 2. The topological polar surface area (TPSA) is 187 Å². The first-order chi connectivity index (χ1) is 18.5. The van der Waals surface area contributed by atoms with Crippen LogP contribution in [0.1, 0.15) is 40.0 Å². The number of benzene rings is 2. The zero-order chi connectivity index (χ0) is 30.1. The molecule has 0 radical (unpaired) electrons. The van der Waals surface area contributed by atoms with Gasteiger partial charge in [-0.05, 0) is 82.5 Å². The summed E-state index contributed by atoms with van der Waals surface area (Å²) in [5.41, 5.74) is 11.8. The molecular formula is C24H33ClFN5O7S2. The fourth-order valence-corrected chi connectivity index (χ4v) is 4.14. The van der Waals surface area contributed by atoms with Crippen LogP contribution in [0, 0.1) is 0 Å². The highest BCUT2D eigenvalue weighted by Crippen LogP contribution is 2.34. The molecule has 0 saturated heterocycles. The molecule has 0 aliphatic carbocycles. The van der Waals surface area contributed by atoms with Crippen molar-refractivity contribution in [1.29, 1.82) is 0 Å². The third kappa shape index (κ3) is 10.4. The smallest absolute Gasteiger partial charge is 0.332 e. The number of rotatable bonds is 11. The highest BCUT2D eigenvalue weighted by atomic mass is 35.5. The van der Waals surface area contributed by atoms with Crippen molar-refractivity contribution in [3.63, 3.8) is 0 Å². The Balaban J connectivity index is 0.000000840. The minimum atomic E-state index is -4.70. The quantitative estimate of drug-likeness (QED) is 0.190. The minimum Gasteiger partial charge on any atom is -0.494 e. The predicted molar refractivity (Wildman–Crippen MR) is 153 cm³/mol. The maximum atomic E-state index is 12.9. The number of halogens is 2. The van der Waals surface area contributed by atoms with Crippen molar-refractivity contribution in [1.82, 2.24) is 0 Å². The Kier molecular flexibility index (Phi) is 11.5. The molecule has 0 aromatic heterocycles. The molecule has 40 heavy (non-hydrogen) atoms. The van der Waals surface area contributed by atoms with Crippen molar-refractivity contribution in [2.24, 2.45) is 21.5 Å². The molecule has 1 aliphatic heterocycles. The van der Waals surface area contributed by atoms with E-state index in [1.165, 1.54) is 31.2 Å². The molecule has 16 heteroatoms. The van der Waals surface area contributed by atoms with E-state index in [9.17, 15) is 20.7 Å². The molecule has 5 N–H and O–H groups in total.